The summed E-state index contributed by atoms with van der Waals surface area (Å²) in [6.07, 6.45) is 6.80. The molecule has 0 aliphatic heterocycles. The highest BCUT2D eigenvalue weighted by molar-refractivity contribution is 5.23. The third-order valence-corrected chi connectivity index (χ3v) is 2.35. The molecule has 0 spiro atoms. The van der Waals surface area contributed by atoms with Gasteiger partial charge in [0.15, 0.2) is 0 Å². The molecule has 1 heteroatoms. The second-order valence-electron chi connectivity index (χ2n) is 3.56. The average Bonchev–Trinajstić information content (AvgIpc) is 1.94. The van der Waals surface area contributed by atoms with Gasteiger partial charge in [-0.15, -0.1) is 0 Å². The highest BCUT2D eigenvalue weighted by Gasteiger charge is 2.12. The van der Waals surface area contributed by atoms with Crippen LogP contribution in [0.1, 0.15) is 13.8 Å². The Bertz CT molecular complexity index is 189. The van der Waals surface area contributed by atoms with Gasteiger partial charge in [-0.1, -0.05) is 26.0 Å². The number of nitrogens with zero attached hydrogens (tertiary/aromatic N) is 1. The van der Waals surface area contributed by atoms with Crippen LogP contribution in [0.15, 0.2) is 23.9 Å². The average molecular weight is 151 g/mol. The zero-order valence-corrected chi connectivity index (χ0v) is 7.83. The summed E-state index contributed by atoms with van der Waals surface area (Å²) in [7, 11) is 4.16. The van der Waals surface area contributed by atoms with Crippen molar-refractivity contribution in [1.29, 1.82) is 0 Å². The van der Waals surface area contributed by atoms with E-state index in [1.807, 2.05) is 0 Å². The van der Waals surface area contributed by atoms with Crippen molar-refractivity contribution < 1.29 is 0 Å². The zero-order chi connectivity index (χ0) is 8.43. The van der Waals surface area contributed by atoms with Crippen LogP contribution in [0.3, 0.4) is 0 Å². The molecule has 0 amide bonds. The van der Waals surface area contributed by atoms with E-state index in [0.29, 0.717) is 11.8 Å². The minimum absolute atomic E-state index is 0.678. The van der Waals surface area contributed by atoms with Crippen LogP contribution in [0.25, 0.3) is 0 Å². The number of hydrogen-bond acceptors (Lipinski definition) is 1. The van der Waals surface area contributed by atoms with E-state index in [4.69, 9.17) is 0 Å². The predicted molar refractivity (Wildman–Crippen MR) is 49.2 cm³/mol. The van der Waals surface area contributed by atoms with E-state index in [1.165, 1.54) is 5.70 Å². The maximum atomic E-state index is 2.32. The first-order valence-corrected chi connectivity index (χ1v) is 4.18. The molecule has 62 valence electrons. The maximum Gasteiger partial charge on any atom is 0.0320 e. The number of allylic oxidation sites excluding steroid dienone is 3. The van der Waals surface area contributed by atoms with Gasteiger partial charge in [0.1, 0.15) is 0 Å². The zero-order valence-electron chi connectivity index (χ0n) is 7.83. The minimum Gasteiger partial charge on any atom is -0.378 e. The van der Waals surface area contributed by atoms with Crippen LogP contribution in [-0.2, 0) is 0 Å². The molecule has 0 saturated heterocycles. The van der Waals surface area contributed by atoms with Crippen molar-refractivity contribution in [3.63, 3.8) is 0 Å². The van der Waals surface area contributed by atoms with Crippen LogP contribution >= 0.6 is 0 Å². The van der Waals surface area contributed by atoms with Crippen LogP contribution in [-0.4, -0.2) is 19.0 Å². The fourth-order valence-electron chi connectivity index (χ4n) is 1.20. The summed E-state index contributed by atoms with van der Waals surface area (Å²) in [5.41, 5.74) is 1.33. The molecule has 0 fully saturated rings. The summed E-state index contributed by atoms with van der Waals surface area (Å²) in [4.78, 5) is 2.15. The second kappa shape index (κ2) is 3.12. The molecule has 0 unspecified atom stereocenters. The van der Waals surface area contributed by atoms with Gasteiger partial charge in [-0.3, -0.25) is 0 Å². The van der Waals surface area contributed by atoms with Gasteiger partial charge in [0.2, 0.25) is 0 Å². The molecule has 0 aromatic rings. The molecule has 1 nitrogen and oxygen atoms in total. The topological polar surface area (TPSA) is 3.24 Å². The molecule has 1 aliphatic carbocycles. The van der Waals surface area contributed by atoms with Gasteiger partial charge in [-0.05, 0) is 17.9 Å². The normalized spacial score (nSPS) is 30.0. The molecule has 0 aromatic heterocycles. The third-order valence-electron chi connectivity index (χ3n) is 2.35. The minimum atomic E-state index is 0.678. The Hall–Kier alpha value is -0.720. The fourth-order valence-corrected chi connectivity index (χ4v) is 1.20. The van der Waals surface area contributed by atoms with Gasteiger partial charge >= 0.3 is 0 Å². The van der Waals surface area contributed by atoms with Crippen molar-refractivity contribution in [3.05, 3.63) is 23.9 Å². The number of hydrogen-bond donors (Lipinski definition) is 0. The standard InChI is InChI=1S/C10H17N/c1-8-5-6-10(11(3)4)7-9(8)2/h5-9H,1-4H3/t8-,9+/m0/s1. The fraction of sp³-hybridized carbons (Fsp3) is 0.600. The van der Waals surface area contributed by atoms with Crippen LogP contribution in [0.4, 0.5) is 0 Å². The Morgan fingerprint density at radius 1 is 1.18 bits per heavy atom. The second-order valence-corrected chi connectivity index (χ2v) is 3.56. The molecule has 2 atom stereocenters. The molecule has 0 heterocycles. The lowest BCUT2D eigenvalue weighted by Crippen LogP contribution is -2.15. The Labute approximate surface area is 69.4 Å². The summed E-state index contributed by atoms with van der Waals surface area (Å²) in [6.45, 7) is 4.52. The molecule has 11 heavy (non-hydrogen) atoms. The van der Waals surface area contributed by atoms with E-state index >= 15 is 0 Å². The molecule has 0 saturated carbocycles. The largest absolute Gasteiger partial charge is 0.378 e. The molecule has 1 rings (SSSR count). The van der Waals surface area contributed by atoms with Crippen molar-refractivity contribution in [2.75, 3.05) is 14.1 Å². The summed E-state index contributed by atoms with van der Waals surface area (Å²) in [6, 6.07) is 0. The van der Waals surface area contributed by atoms with Gasteiger partial charge in [-0.25, -0.2) is 0 Å². The summed E-state index contributed by atoms with van der Waals surface area (Å²) >= 11 is 0. The third kappa shape index (κ3) is 1.86. The summed E-state index contributed by atoms with van der Waals surface area (Å²) in [5, 5.41) is 0. The van der Waals surface area contributed by atoms with Crippen LogP contribution in [0, 0.1) is 11.8 Å². The van der Waals surface area contributed by atoms with E-state index in [-0.39, 0.29) is 0 Å². The summed E-state index contributed by atoms with van der Waals surface area (Å²) < 4.78 is 0. The van der Waals surface area contributed by atoms with Gasteiger partial charge in [0.25, 0.3) is 0 Å². The van der Waals surface area contributed by atoms with Crippen LogP contribution < -0.4 is 0 Å². The maximum absolute atomic E-state index is 2.32. The molecule has 0 aromatic carbocycles. The Morgan fingerprint density at radius 2 is 1.82 bits per heavy atom. The van der Waals surface area contributed by atoms with E-state index in [1.54, 1.807) is 0 Å². The van der Waals surface area contributed by atoms with Crippen LogP contribution in [0.5, 0.6) is 0 Å². The van der Waals surface area contributed by atoms with E-state index in [2.05, 4.69) is 51.1 Å². The van der Waals surface area contributed by atoms with E-state index in [9.17, 15) is 0 Å². The number of likely N-dealkylation sites (N-methyl/N-ethyl adjacent to an activating group) is 1. The van der Waals surface area contributed by atoms with Crippen LogP contribution in [0.2, 0.25) is 0 Å². The molecule has 0 bridgehead atoms. The molecular weight excluding hydrogens is 134 g/mol. The van der Waals surface area contributed by atoms with Crippen molar-refractivity contribution >= 4 is 0 Å². The van der Waals surface area contributed by atoms with Crippen molar-refractivity contribution in [2.45, 2.75) is 13.8 Å². The van der Waals surface area contributed by atoms with Gasteiger partial charge < -0.3 is 4.90 Å². The smallest absolute Gasteiger partial charge is 0.0320 e. The monoisotopic (exact) mass is 151 g/mol. The molecule has 0 radical (unpaired) electrons. The molecule has 1 aliphatic rings. The van der Waals surface area contributed by atoms with Crippen molar-refractivity contribution in [2.24, 2.45) is 11.8 Å². The Morgan fingerprint density at radius 3 is 2.27 bits per heavy atom. The first-order chi connectivity index (χ1) is 5.11. The van der Waals surface area contributed by atoms with Gasteiger partial charge in [-0.2, -0.15) is 0 Å². The SMILES string of the molecule is C[C@@H]1C=C(N(C)C)C=C[C@@H]1C. The lowest BCUT2D eigenvalue weighted by atomic mass is 9.90. The van der Waals surface area contributed by atoms with E-state index in [0.717, 1.165) is 0 Å². The number of rotatable bonds is 1. The molecule has 0 N–H and O–H groups in total. The Balaban J connectivity index is 2.72. The first-order valence-electron chi connectivity index (χ1n) is 4.18. The lowest BCUT2D eigenvalue weighted by molar-refractivity contribution is 0.482. The Kier molecular flexibility index (Phi) is 2.38. The quantitative estimate of drug-likeness (QED) is 0.555. The van der Waals surface area contributed by atoms with Crippen molar-refractivity contribution in [3.8, 4) is 0 Å². The van der Waals surface area contributed by atoms with Gasteiger partial charge in [0, 0.05) is 19.8 Å². The molecular formula is C10H17N. The lowest BCUT2D eigenvalue weighted by Gasteiger charge is -2.23. The van der Waals surface area contributed by atoms with Gasteiger partial charge in [0.05, 0.1) is 0 Å². The predicted octanol–water partition coefficient (Wildman–Crippen LogP) is 2.27. The highest BCUT2D eigenvalue weighted by atomic mass is 15.1. The first kappa shape index (κ1) is 8.38. The highest BCUT2D eigenvalue weighted by Crippen LogP contribution is 2.22. The van der Waals surface area contributed by atoms with Crippen molar-refractivity contribution in [1.82, 2.24) is 4.90 Å². The van der Waals surface area contributed by atoms with E-state index < -0.39 is 0 Å². The summed E-state index contributed by atoms with van der Waals surface area (Å²) in [5.74, 6) is 1.37.